The van der Waals surface area contributed by atoms with E-state index in [0.29, 0.717) is 42.0 Å². The van der Waals surface area contributed by atoms with Crippen LogP contribution in [0.15, 0.2) is 42.0 Å². The highest BCUT2D eigenvalue weighted by Crippen LogP contribution is 2.36. The summed E-state index contributed by atoms with van der Waals surface area (Å²) < 4.78 is 17.4. The Kier molecular flexibility index (Phi) is 5.96. The van der Waals surface area contributed by atoms with Crippen molar-refractivity contribution >= 4 is 34.1 Å². The summed E-state index contributed by atoms with van der Waals surface area (Å²) in [4.78, 5) is 20.0. The zero-order chi connectivity index (χ0) is 20.4. The fourth-order valence-corrected chi connectivity index (χ4v) is 5.49. The number of carbonyl (C=O) groups is 1. The van der Waals surface area contributed by atoms with Gasteiger partial charge in [-0.25, -0.2) is 4.98 Å². The number of ether oxygens (including phenoxy) is 1. The Morgan fingerprint density at radius 1 is 1.28 bits per heavy atom. The second kappa shape index (κ2) is 8.63. The van der Waals surface area contributed by atoms with Gasteiger partial charge in [0.2, 0.25) is 5.91 Å². The van der Waals surface area contributed by atoms with Crippen molar-refractivity contribution in [1.82, 2.24) is 9.88 Å². The molecule has 1 fully saturated rings. The minimum absolute atomic E-state index is 0.0863. The third kappa shape index (κ3) is 4.85. The molecule has 0 bridgehead atoms. The summed E-state index contributed by atoms with van der Waals surface area (Å²) in [6.45, 7) is 5.39. The monoisotopic (exact) mass is 428 g/mol. The van der Waals surface area contributed by atoms with Crippen LogP contribution in [0.2, 0.25) is 0 Å². The molecule has 1 atom stereocenters. The quantitative estimate of drug-likeness (QED) is 0.734. The van der Waals surface area contributed by atoms with E-state index < -0.39 is 10.8 Å². The average Bonchev–Trinajstić information content (AvgIpc) is 3.04. The predicted molar refractivity (Wildman–Crippen MR) is 118 cm³/mol. The van der Waals surface area contributed by atoms with E-state index in [9.17, 15) is 9.00 Å². The summed E-state index contributed by atoms with van der Waals surface area (Å²) in [6.07, 6.45) is 6.78. The van der Waals surface area contributed by atoms with Gasteiger partial charge in [0.1, 0.15) is 5.75 Å². The van der Waals surface area contributed by atoms with Gasteiger partial charge < -0.3 is 9.64 Å². The fraction of sp³-hybridized carbons (Fsp3) is 0.364. The van der Waals surface area contributed by atoms with Crippen LogP contribution in [0, 0.1) is 0 Å². The molecule has 1 unspecified atom stereocenters. The third-order valence-corrected chi connectivity index (χ3v) is 7.29. The first-order chi connectivity index (χ1) is 14.0. The Morgan fingerprint density at radius 2 is 2.00 bits per heavy atom. The van der Waals surface area contributed by atoms with E-state index in [0.717, 1.165) is 16.1 Å². The van der Waals surface area contributed by atoms with E-state index in [1.165, 1.54) is 5.57 Å². The molecular weight excluding hydrogens is 404 g/mol. The molecule has 7 heteroatoms. The largest absolute Gasteiger partial charge is 0.431 e. The second-order valence-electron chi connectivity index (χ2n) is 7.42. The number of fused-ring (bicyclic) bond motifs is 1. The molecular formula is C22H24N2O3S2. The molecule has 152 valence electrons. The van der Waals surface area contributed by atoms with Gasteiger partial charge in [-0.2, -0.15) is 0 Å². The van der Waals surface area contributed by atoms with Crippen molar-refractivity contribution in [3.63, 3.8) is 0 Å². The molecule has 4 rings (SSSR count). The van der Waals surface area contributed by atoms with Crippen LogP contribution in [0.5, 0.6) is 10.9 Å². The number of thiazole rings is 1. The number of benzene rings is 1. The topological polar surface area (TPSA) is 59.5 Å². The van der Waals surface area contributed by atoms with Gasteiger partial charge in [0, 0.05) is 41.3 Å². The fourth-order valence-electron chi connectivity index (χ4n) is 3.39. The first kappa shape index (κ1) is 20.0. The van der Waals surface area contributed by atoms with E-state index in [-0.39, 0.29) is 11.8 Å². The van der Waals surface area contributed by atoms with Gasteiger partial charge in [-0.05, 0) is 36.3 Å². The molecule has 1 saturated heterocycles. The number of hydrogen-bond acceptors (Lipinski definition) is 5. The average molecular weight is 429 g/mol. The number of allylic oxidation sites excluding steroid dienone is 3. The molecule has 0 spiro atoms. The molecule has 0 radical (unpaired) electrons. The van der Waals surface area contributed by atoms with Crippen LogP contribution in [0.25, 0.3) is 6.08 Å². The molecule has 29 heavy (non-hydrogen) atoms. The van der Waals surface area contributed by atoms with Crippen LogP contribution in [-0.2, 0) is 22.0 Å². The maximum atomic E-state index is 12.4. The molecule has 0 N–H and O–H groups in total. The first-order valence-electron chi connectivity index (χ1n) is 9.75. The Morgan fingerprint density at radius 3 is 2.72 bits per heavy atom. The zero-order valence-corrected chi connectivity index (χ0v) is 18.2. The molecule has 2 aliphatic rings. The summed E-state index contributed by atoms with van der Waals surface area (Å²) in [5, 5.41) is 0.631. The van der Waals surface area contributed by atoms with Gasteiger partial charge in [0.15, 0.2) is 0 Å². The normalized spacial score (nSPS) is 19.4. The Labute approximate surface area is 177 Å². The van der Waals surface area contributed by atoms with Crippen molar-refractivity contribution in [2.45, 2.75) is 26.2 Å². The van der Waals surface area contributed by atoms with E-state index >= 15 is 0 Å². The number of rotatable bonds is 4. The van der Waals surface area contributed by atoms with Crippen molar-refractivity contribution in [1.29, 1.82) is 0 Å². The highest BCUT2D eigenvalue weighted by Gasteiger charge is 2.20. The maximum Gasteiger partial charge on any atom is 0.279 e. The van der Waals surface area contributed by atoms with Crippen LogP contribution >= 0.6 is 11.3 Å². The van der Waals surface area contributed by atoms with Crippen LogP contribution in [0.1, 0.15) is 35.9 Å². The molecule has 1 aliphatic carbocycles. The Balaban J connectivity index is 1.40. The minimum Gasteiger partial charge on any atom is -0.431 e. The van der Waals surface area contributed by atoms with Crippen LogP contribution in [0.3, 0.4) is 0 Å². The first-order valence-corrected chi connectivity index (χ1v) is 12.0. The smallest absolute Gasteiger partial charge is 0.279 e. The highest BCUT2D eigenvalue weighted by atomic mass is 32.2. The molecule has 1 aromatic heterocycles. The third-order valence-electron chi connectivity index (χ3n) is 5.11. The summed E-state index contributed by atoms with van der Waals surface area (Å²) in [5.41, 5.74) is 3.20. The predicted octanol–water partition coefficient (Wildman–Crippen LogP) is 4.15. The summed E-state index contributed by atoms with van der Waals surface area (Å²) in [5.74, 6) is 2.22. The van der Waals surface area contributed by atoms with Gasteiger partial charge in [0.25, 0.3) is 5.19 Å². The van der Waals surface area contributed by atoms with Crippen molar-refractivity contribution in [2.75, 3.05) is 24.6 Å². The van der Waals surface area contributed by atoms with Gasteiger partial charge >= 0.3 is 0 Å². The van der Waals surface area contributed by atoms with E-state index in [2.05, 4.69) is 37.1 Å². The van der Waals surface area contributed by atoms with Crippen molar-refractivity contribution in [2.24, 2.45) is 0 Å². The highest BCUT2D eigenvalue weighted by molar-refractivity contribution is 7.85. The van der Waals surface area contributed by atoms with Gasteiger partial charge in [-0.1, -0.05) is 42.5 Å². The SMILES string of the molecule is CC1=Cc2sc(Oc3ccc(CC(=O)N4CCS(=O)CC4)cc3)nc2C(C)C=C1. The molecule has 1 aliphatic heterocycles. The molecule has 5 nitrogen and oxygen atoms in total. The lowest BCUT2D eigenvalue weighted by Crippen LogP contribution is -2.42. The molecule has 1 aromatic carbocycles. The van der Waals surface area contributed by atoms with Gasteiger partial charge in [0.05, 0.1) is 17.0 Å². The van der Waals surface area contributed by atoms with E-state index in [4.69, 9.17) is 4.74 Å². The van der Waals surface area contributed by atoms with Crippen LogP contribution in [0.4, 0.5) is 0 Å². The molecule has 2 aromatic rings. The number of hydrogen-bond donors (Lipinski definition) is 0. The second-order valence-corrected chi connectivity index (χ2v) is 10.1. The lowest BCUT2D eigenvalue weighted by atomic mass is 10.1. The van der Waals surface area contributed by atoms with E-state index in [1.807, 2.05) is 24.3 Å². The van der Waals surface area contributed by atoms with Crippen molar-refractivity contribution in [3.8, 4) is 10.9 Å². The van der Waals surface area contributed by atoms with Crippen molar-refractivity contribution < 1.29 is 13.7 Å². The van der Waals surface area contributed by atoms with Gasteiger partial charge in [-0.15, -0.1) is 0 Å². The maximum absolute atomic E-state index is 12.4. The molecule has 1 amide bonds. The summed E-state index contributed by atoms with van der Waals surface area (Å²) >= 11 is 1.55. The Bertz CT molecular complexity index is 982. The van der Waals surface area contributed by atoms with Crippen molar-refractivity contribution in [3.05, 3.63) is 58.1 Å². The van der Waals surface area contributed by atoms with Gasteiger partial charge in [-0.3, -0.25) is 9.00 Å². The Hall–Kier alpha value is -2.25. The number of carbonyl (C=O) groups excluding carboxylic acids is 1. The van der Waals surface area contributed by atoms with E-state index in [1.54, 1.807) is 16.2 Å². The number of nitrogens with zero attached hydrogens (tertiary/aromatic N) is 2. The van der Waals surface area contributed by atoms with Crippen LogP contribution < -0.4 is 4.74 Å². The number of aromatic nitrogens is 1. The summed E-state index contributed by atoms with van der Waals surface area (Å²) in [7, 11) is -0.772. The zero-order valence-electron chi connectivity index (χ0n) is 16.6. The summed E-state index contributed by atoms with van der Waals surface area (Å²) in [6, 6.07) is 7.60. The lowest BCUT2D eigenvalue weighted by molar-refractivity contribution is -0.130. The molecule has 0 saturated carbocycles. The molecule has 2 heterocycles. The number of amides is 1. The van der Waals surface area contributed by atoms with Crippen LogP contribution in [-0.4, -0.2) is 44.6 Å². The lowest BCUT2D eigenvalue weighted by Gasteiger charge is -2.26. The minimum atomic E-state index is -0.772. The standard InChI is InChI=1S/C22H24N2O3S2/c1-15-3-4-16(2)21-19(13-15)28-22(23-21)27-18-7-5-17(6-8-18)14-20(25)24-9-11-29(26)12-10-24/h3-8,13,16H,9-12,14H2,1-2H3.